The average molecular weight is 418 g/mol. The van der Waals surface area contributed by atoms with Crippen LogP contribution in [-0.2, 0) is 14.8 Å². The lowest BCUT2D eigenvalue weighted by Gasteiger charge is -2.23. The minimum atomic E-state index is -3.47. The summed E-state index contributed by atoms with van der Waals surface area (Å²) >= 11 is 1.40. The van der Waals surface area contributed by atoms with Gasteiger partial charge in [-0.25, -0.2) is 13.4 Å². The van der Waals surface area contributed by atoms with Crippen molar-refractivity contribution in [1.29, 1.82) is 0 Å². The molecule has 0 spiro atoms. The fourth-order valence-corrected chi connectivity index (χ4v) is 4.05. The van der Waals surface area contributed by atoms with Crippen molar-refractivity contribution in [2.45, 2.75) is 19.8 Å². The molecule has 0 unspecified atom stereocenters. The number of anilines is 2. The molecule has 3 aromatic rings. The Hall–Kier alpha value is -2.29. The number of nitrogens with zero attached hydrogens (tertiary/aromatic N) is 3. The van der Waals surface area contributed by atoms with Gasteiger partial charge < -0.3 is 0 Å². The zero-order chi connectivity index (χ0) is 20.5. The summed E-state index contributed by atoms with van der Waals surface area (Å²) in [6.45, 7) is 3.94. The number of aromatic nitrogens is 1. The number of likely N-dealkylation sites (N-methyl/N-ethyl adjacent to an activating group) is 1. The zero-order valence-electron chi connectivity index (χ0n) is 16.3. The largest absolute Gasteiger partial charge is 0.272 e. The molecule has 1 aromatic heterocycles. The Balaban J connectivity index is 2.03. The third kappa shape index (κ3) is 4.40. The normalized spacial score (nSPS) is 12.1. The highest BCUT2D eigenvalue weighted by atomic mass is 32.2. The molecule has 0 aliphatic carbocycles. The standard InChI is InChI=1S/C20H23N3O3S2/c1-14(2)15-9-11-16(12-10-15)23(19(24)13-22(3)28(4,25)26)20-21-17-7-5-6-8-18(17)27-20/h5-12,14H,13H2,1-4H3. The monoisotopic (exact) mass is 417 g/mol. The number of hydrogen-bond acceptors (Lipinski definition) is 5. The summed E-state index contributed by atoms with van der Waals surface area (Å²) in [5, 5.41) is 0.519. The molecule has 0 saturated carbocycles. The number of fused-ring (bicyclic) bond motifs is 1. The van der Waals surface area contributed by atoms with E-state index in [1.807, 2.05) is 48.5 Å². The summed E-state index contributed by atoms with van der Waals surface area (Å²) in [5.74, 6) is 0.0151. The Bertz CT molecular complexity index is 1060. The number of carbonyl (C=O) groups excluding carboxylic acids is 1. The average Bonchev–Trinajstić information content (AvgIpc) is 3.04. The molecule has 1 amide bonds. The van der Waals surface area contributed by atoms with E-state index in [0.717, 1.165) is 26.3 Å². The number of para-hydroxylation sites is 1. The SMILES string of the molecule is CC(C)c1ccc(N(C(=O)CN(C)S(C)(=O)=O)c2nc3ccccc3s2)cc1. The Morgan fingerprint density at radius 1 is 1.11 bits per heavy atom. The molecule has 0 saturated heterocycles. The van der Waals surface area contributed by atoms with E-state index in [0.29, 0.717) is 16.7 Å². The highest BCUT2D eigenvalue weighted by Crippen LogP contribution is 2.34. The van der Waals surface area contributed by atoms with Crippen LogP contribution in [0, 0.1) is 0 Å². The molecule has 0 fully saturated rings. The molecule has 148 valence electrons. The van der Waals surface area contributed by atoms with Gasteiger partial charge in [-0.05, 0) is 35.7 Å². The Kier molecular flexibility index (Phi) is 5.83. The summed E-state index contributed by atoms with van der Waals surface area (Å²) in [5.41, 5.74) is 2.62. The second-order valence-corrected chi connectivity index (χ2v) is 10.1. The van der Waals surface area contributed by atoms with Crippen molar-refractivity contribution in [3.8, 4) is 0 Å². The Labute approximate surface area is 169 Å². The molecular formula is C20H23N3O3S2. The van der Waals surface area contributed by atoms with Crippen LogP contribution in [0.15, 0.2) is 48.5 Å². The second-order valence-electron chi connectivity index (χ2n) is 6.96. The quantitative estimate of drug-likeness (QED) is 0.608. The van der Waals surface area contributed by atoms with Gasteiger partial charge in [-0.1, -0.05) is 49.4 Å². The van der Waals surface area contributed by atoms with E-state index in [9.17, 15) is 13.2 Å². The van der Waals surface area contributed by atoms with E-state index in [2.05, 4.69) is 18.8 Å². The van der Waals surface area contributed by atoms with E-state index < -0.39 is 10.0 Å². The molecule has 0 aliphatic heterocycles. The van der Waals surface area contributed by atoms with Crippen LogP contribution < -0.4 is 4.90 Å². The van der Waals surface area contributed by atoms with Crippen LogP contribution in [0.3, 0.4) is 0 Å². The van der Waals surface area contributed by atoms with Crippen LogP contribution >= 0.6 is 11.3 Å². The van der Waals surface area contributed by atoms with Gasteiger partial charge in [0.05, 0.1) is 28.7 Å². The molecule has 0 bridgehead atoms. The molecule has 8 heteroatoms. The first-order valence-corrected chi connectivity index (χ1v) is 11.5. The second kappa shape index (κ2) is 7.98. The summed E-state index contributed by atoms with van der Waals surface area (Å²) in [6.07, 6.45) is 1.08. The third-order valence-corrected chi connectivity index (χ3v) is 6.75. The number of amides is 1. The number of sulfonamides is 1. The van der Waals surface area contributed by atoms with Gasteiger partial charge in [0.15, 0.2) is 5.13 Å². The maximum absolute atomic E-state index is 13.1. The van der Waals surface area contributed by atoms with Crippen LogP contribution in [0.5, 0.6) is 0 Å². The van der Waals surface area contributed by atoms with E-state index >= 15 is 0 Å². The van der Waals surface area contributed by atoms with Gasteiger partial charge in [-0.2, -0.15) is 4.31 Å². The summed E-state index contributed by atoms with van der Waals surface area (Å²) in [4.78, 5) is 19.2. The topological polar surface area (TPSA) is 70.6 Å². The van der Waals surface area contributed by atoms with Crippen molar-refractivity contribution in [3.05, 3.63) is 54.1 Å². The molecule has 28 heavy (non-hydrogen) atoms. The molecule has 0 aliphatic rings. The molecule has 6 nitrogen and oxygen atoms in total. The lowest BCUT2D eigenvalue weighted by Crippen LogP contribution is -2.38. The number of carbonyl (C=O) groups is 1. The predicted molar refractivity (Wildman–Crippen MR) is 115 cm³/mol. The first-order valence-electron chi connectivity index (χ1n) is 8.86. The maximum Gasteiger partial charge on any atom is 0.248 e. The van der Waals surface area contributed by atoms with Crippen LogP contribution in [-0.4, -0.2) is 43.5 Å². The van der Waals surface area contributed by atoms with Gasteiger partial charge in [0.2, 0.25) is 15.9 Å². The van der Waals surface area contributed by atoms with Gasteiger partial charge in [-0.3, -0.25) is 9.69 Å². The van der Waals surface area contributed by atoms with Crippen LogP contribution in [0.4, 0.5) is 10.8 Å². The first-order chi connectivity index (χ1) is 13.2. The van der Waals surface area contributed by atoms with Crippen LogP contribution in [0.25, 0.3) is 10.2 Å². The van der Waals surface area contributed by atoms with E-state index in [1.165, 1.54) is 23.3 Å². The summed E-state index contributed by atoms with van der Waals surface area (Å²) < 4.78 is 25.5. The van der Waals surface area contributed by atoms with Gasteiger partial charge in [-0.15, -0.1) is 0 Å². The zero-order valence-corrected chi connectivity index (χ0v) is 17.9. The molecular weight excluding hydrogens is 394 g/mol. The Morgan fingerprint density at radius 2 is 1.75 bits per heavy atom. The Morgan fingerprint density at radius 3 is 2.32 bits per heavy atom. The molecule has 0 N–H and O–H groups in total. The van der Waals surface area contributed by atoms with E-state index in [1.54, 1.807) is 0 Å². The smallest absolute Gasteiger partial charge is 0.248 e. The van der Waals surface area contributed by atoms with E-state index in [-0.39, 0.29) is 12.5 Å². The molecule has 3 rings (SSSR count). The van der Waals surface area contributed by atoms with Crippen molar-refractivity contribution >= 4 is 48.3 Å². The highest BCUT2D eigenvalue weighted by molar-refractivity contribution is 7.88. The molecule has 2 aromatic carbocycles. The van der Waals surface area contributed by atoms with Gasteiger partial charge in [0.25, 0.3) is 0 Å². The van der Waals surface area contributed by atoms with Crippen molar-refractivity contribution in [2.24, 2.45) is 0 Å². The summed E-state index contributed by atoms with van der Waals surface area (Å²) in [7, 11) is -2.08. The van der Waals surface area contributed by atoms with Gasteiger partial charge in [0, 0.05) is 7.05 Å². The number of rotatable bonds is 6. The van der Waals surface area contributed by atoms with Gasteiger partial charge in [0.1, 0.15) is 0 Å². The number of hydrogen-bond donors (Lipinski definition) is 0. The van der Waals surface area contributed by atoms with Gasteiger partial charge >= 0.3 is 0 Å². The number of benzene rings is 2. The summed E-state index contributed by atoms with van der Waals surface area (Å²) in [6, 6.07) is 15.4. The lowest BCUT2D eigenvalue weighted by atomic mass is 10.0. The minimum absolute atomic E-state index is 0.263. The fourth-order valence-electron chi connectivity index (χ4n) is 2.70. The van der Waals surface area contributed by atoms with Crippen molar-refractivity contribution in [3.63, 3.8) is 0 Å². The first kappa shape index (κ1) is 20.4. The van der Waals surface area contributed by atoms with Crippen molar-refractivity contribution in [1.82, 2.24) is 9.29 Å². The van der Waals surface area contributed by atoms with Crippen LogP contribution in [0.2, 0.25) is 0 Å². The lowest BCUT2D eigenvalue weighted by molar-refractivity contribution is -0.117. The van der Waals surface area contributed by atoms with Crippen molar-refractivity contribution in [2.75, 3.05) is 24.7 Å². The fraction of sp³-hybridized carbons (Fsp3) is 0.300. The van der Waals surface area contributed by atoms with Crippen molar-refractivity contribution < 1.29 is 13.2 Å². The number of thiazole rings is 1. The van der Waals surface area contributed by atoms with Crippen LogP contribution in [0.1, 0.15) is 25.3 Å². The third-order valence-electron chi connectivity index (χ3n) is 4.47. The highest BCUT2D eigenvalue weighted by Gasteiger charge is 2.25. The van der Waals surface area contributed by atoms with E-state index in [4.69, 9.17) is 0 Å². The molecule has 0 radical (unpaired) electrons. The minimum Gasteiger partial charge on any atom is -0.272 e. The molecule has 1 heterocycles. The molecule has 0 atom stereocenters. The predicted octanol–water partition coefficient (Wildman–Crippen LogP) is 3.98. The maximum atomic E-state index is 13.1.